The zero-order valence-corrected chi connectivity index (χ0v) is 10.6. The van der Waals surface area contributed by atoms with Gasteiger partial charge in [0.1, 0.15) is 5.82 Å². The molecule has 0 saturated carbocycles. The van der Waals surface area contributed by atoms with Crippen LogP contribution in [0.3, 0.4) is 0 Å². The van der Waals surface area contributed by atoms with Gasteiger partial charge in [0.05, 0.1) is 0 Å². The average Bonchev–Trinajstić information content (AvgIpc) is 2.67. The van der Waals surface area contributed by atoms with Crippen LogP contribution in [0.15, 0.2) is 30.5 Å². The molecule has 1 aliphatic heterocycles. The fraction of sp³-hybridized carbons (Fsp3) is 0.400. The molecule has 0 atom stereocenters. The smallest absolute Gasteiger partial charge is 0.138 e. The summed E-state index contributed by atoms with van der Waals surface area (Å²) >= 11 is 0. The van der Waals surface area contributed by atoms with Crippen molar-refractivity contribution < 1.29 is 0 Å². The van der Waals surface area contributed by atoms with Crippen LogP contribution in [-0.4, -0.2) is 18.1 Å². The lowest BCUT2D eigenvalue weighted by atomic mass is 10.1. The summed E-state index contributed by atoms with van der Waals surface area (Å²) in [5, 5.41) is 2.30. The van der Waals surface area contributed by atoms with E-state index in [0.717, 1.165) is 30.0 Å². The van der Waals surface area contributed by atoms with Crippen molar-refractivity contribution in [1.82, 2.24) is 4.98 Å². The van der Waals surface area contributed by atoms with Gasteiger partial charge in [0.2, 0.25) is 0 Å². The Morgan fingerprint density at radius 1 is 1.00 bits per heavy atom. The van der Waals surface area contributed by atoms with Crippen LogP contribution >= 0.6 is 0 Å². The van der Waals surface area contributed by atoms with Crippen LogP contribution in [0, 0.1) is 0 Å². The lowest BCUT2D eigenvalue weighted by Gasteiger charge is -2.23. The molecule has 0 amide bonds. The number of nitrogens with zero attached hydrogens (tertiary/aromatic N) is 2. The first-order valence-electron chi connectivity index (χ1n) is 6.74. The number of anilines is 2. The van der Waals surface area contributed by atoms with Crippen molar-refractivity contribution in [2.24, 2.45) is 0 Å². The molecule has 1 saturated heterocycles. The molecule has 3 heteroatoms. The van der Waals surface area contributed by atoms with Gasteiger partial charge in [-0.1, -0.05) is 25.0 Å². The van der Waals surface area contributed by atoms with Gasteiger partial charge in [-0.25, -0.2) is 4.98 Å². The van der Waals surface area contributed by atoms with E-state index in [9.17, 15) is 0 Å². The molecule has 94 valence electrons. The molecule has 2 N–H and O–H groups in total. The predicted molar refractivity (Wildman–Crippen MR) is 76.8 cm³/mol. The standard InChI is InChI=1S/C15H19N3/c16-13-7-5-6-12-8-9-17-15(14(12)13)18-10-3-1-2-4-11-18/h5-9H,1-4,10-11,16H2. The molecule has 1 fully saturated rings. The number of nitrogens with two attached hydrogens (primary N) is 1. The van der Waals surface area contributed by atoms with Crippen molar-refractivity contribution in [1.29, 1.82) is 0 Å². The zero-order valence-electron chi connectivity index (χ0n) is 10.6. The van der Waals surface area contributed by atoms with Crippen molar-refractivity contribution >= 4 is 22.3 Å². The van der Waals surface area contributed by atoms with Crippen molar-refractivity contribution in [2.45, 2.75) is 25.7 Å². The normalized spacial score (nSPS) is 16.8. The minimum Gasteiger partial charge on any atom is -0.398 e. The molecule has 2 aromatic rings. The second-order valence-corrected chi connectivity index (χ2v) is 4.98. The molecule has 0 bridgehead atoms. The van der Waals surface area contributed by atoms with Crippen LogP contribution in [0.2, 0.25) is 0 Å². The van der Waals surface area contributed by atoms with Crippen molar-refractivity contribution in [2.75, 3.05) is 23.7 Å². The van der Waals surface area contributed by atoms with Crippen molar-refractivity contribution in [3.63, 3.8) is 0 Å². The molecule has 18 heavy (non-hydrogen) atoms. The van der Waals surface area contributed by atoms with Gasteiger partial charge in [-0.05, 0) is 30.4 Å². The number of rotatable bonds is 1. The monoisotopic (exact) mass is 241 g/mol. The fourth-order valence-corrected chi connectivity index (χ4v) is 2.76. The summed E-state index contributed by atoms with van der Waals surface area (Å²) in [6.07, 6.45) is 7.06. The van der Waals surface area contributed by atoms with Crippen LogP contribution in [-0.2, 0) is 0 Å². The van der Waals surface area contributed by atoms with Crippen molar-refractivity contribution in [3.8, 4) is 0 Å². The van der Waals surface area contributed by atoms with Gasteiger partial charge >= 0.3 is 0 Å². The maximum atomic E-state index is 6.14. The van der Waals surface area contributed by atoms with Gasteiger partial charge in [-0.15, -0.1) is 0 Å². The maximum Gasteiger partial charge on any atom is 0.138 e. The molecule has 0 radical (unpaired) electrons. The van der Waals surface area contributed by atoms with E-state index in [-0.39, 0.29) is 0 Å². The Bertz CT molecular complexity index is 537. The highest BCUT2D eigenvalue weighted by Crippen LogP contribution is 2.30. The molecule has 1 aliphatic rings. The molecule has 0 unspecified atom stereocenters. The SMILES string of the molecule is Nc1cccc2ccnc(N3CCCCCC3)c12. The number of hydrogen-bond donors (Lipinski definition) is 1. The van der Waals surface area contributed by atoms with Gasteiger partial charge in [0.25, 0.3) is 0 Å². The molecule has 1 aromatic heterocycles. The summed E-state index contributed by atoms with van der Waals surface area (Å²) in [7, 11) is 0. The summed E-state index contributed by atoms with van der Waals surface area (Å²) in [5.74, 6) is 1.06. The third kappa shape index (κ3) is 2.01. The molecule has 1 aromatic carbocycles. The summed E-state index contributed by atoms with van der Waals surface area (Å²) in [4.78, 5) is 6.97. The Morgan fingerprint density at radius 2 is 1.78 bits per heavy atom. The largest absolute Gasteiger partial charge is 0.398 e. The molecule has 3 nitrogen and oxygen atoms in total. The first-order valence-corrected chi connectivity index (χ1v) is 6.74. The molecule has 0 spiro atoms. The molecule has 3 rings (SSSR count). The number of fused-ring (bicyclic) bond motifs is 1. The maximum absolute atomic E-state index is 6.14. The Morgan fingerprint density at radius 3 is 2.56 bits per heavy atom. The summed E-state index contributed by atoms with van der Waals surface area (Å²) in [6, 6.07) is 8.11. The quantitative estimate of drug-likeness (QED) is 0.780. The third-order valence-corrected chi connectivity index (χ3v) is 3.71. The highest BCUT2D eigenvalue weighted by Gasteiger charge is 2.14. The number of hydrogen-bond acceptors (Lipinski definition) is 3. The van der Waals surface area contributed by atoms with E-state index in [0.29, 0.717) is 0 Å². The molecule has 0 aliphatic carbocycles. The average molecular weight is 241 g/mol. The minimum atomic E-state index is 0.833. The van der Waals surface area contributed by atoms with E-state index >= 15 is 0 Å². The van der Waals surface area contributed by atoms with Crippen LogP contribution in [0.4, 0.5) is 11.5 Å². The fourth-order valence-electron chi connectivity index (χ4n) is 2.76. The number of pyridine rings is 1. The second kappa shape index (κ2) is 4.84. The highest BCUT2D eigenvalue weighted by atomic mass is 15.2. The van der Waals surface area contributed by atoms with E-state index in [1.54, 1.807) is 0 Å². The van der Waals surface area contributed by atoms with Gasteiger partial charge in [0.15, 0.2) is 0 Å². The molecule has 2 heterocycles. The van der Waals surface area contributed by atoms with E-state index in [2.05, 4.69) is 16.0 Å². The topological polar surface area (TPSA) is 42.1 Å². The molecular weight excluding hydrogens is 222 g/mol. The lowest BCUT2D eigenvalue weighted by molar-refractivity contribution is 0.726. The van der Waals surface area contributed by atoms with Crippen molar-refractivity contribution in [3.05, 3.63) is 30.5 Å². The first kappa shape index (κ1) is 11.3. The number of nitrogen functional groups attached to an aromatic ring is 1. The van der Waals surface area contributed by atoms with Gasteiger partial charge < -0.3 is 10.6 Å². The Balaban J connectivity index is 2.10. The van der Waals surface area contributed by atoms with Crippen LogP contribution in [0.25, 0.3) is 10.8 Å². The van der Waals surface area contributed by atoms with Gasteiger partial charge in [0, 0.05) is 30.4 Å². The Kier molecular flexibility index (Phi) is 3.05. The first-order chi connectivity index (χ1) is 8.86. The highest BCUT2D eigenvalue weighted by molar-refractivity contribution is 6.00. The van der Waals surface area contributed by atoms with E-state index < -0.39 is 0 Å². The van der Waals surface area contributed by atoms with Crippen LogP contribution in [0.5, 0.6) is 0 Å². The summed E-state index contributed by atoms with van der Waals surface area (Å²) < 4.78 is 0. The number of benzene rings is 1. The van der Waals surface area contributed by atoms with Crippen LogP contribution in [0.1, 0.15) is 25.7 Å². The van der Waals surface area contributed by atoms with Crippen LogP contribution < -0.4 is 10.6 Å². The lowest BCUT2D eigenvalue weighted by Crippen LogP contribution is -2.25. The van der Waals surface area contributed by atoms with E-state index in [1.807, 2.05) is 24.4 Å². The van der Waals surface area contributed by atoms with E-state index in [4.69, 9.17) is 5.73 Å². The second-order valence-electron chi connectivity index (χ2n) is 4.98. The van der Waals surface area contributed by atoms with E-state index in [1.165, 1.54) is 31.1 Å². The zero-order chi connectivity index (χ0) is 12.4. The van der Waals surface area contributed by atoms with Gasteiger partial charge in [-0.3, -0.25) is 0 Å². The summed E-state index contributed by atoms with van der Waals surface area (Å²) in [6.45, 7) is 2.20. The Hall–Kier alpha value is -1.77. The summed E-state index contributed by atoms with van der Waals surface area (Å²) in [5.41, 5.74) is 6.97. The minimum absolute atomic E-state index is 0.833. The molecular formula is C15H19N3. The predicted octanol–water partition coefficient (Wildman–Crippen LogP) is 3.20. The number of aromatic nitrogens is 1. The third-order valence-electron chi connectivity index (χ3n) is 3.71. The Labute approximate surface area is 108 Å². The van der Waals surface area contributed by atoms with Gasteiger partial charge in [-0.2, -0.15) is 0 Å².